The van der Waals surface area contributed by atoms with Gasteiger partial charge in [0.15, 0.2) is 0 Å². The SMILES string of the molecule is CC12CC[C@H]3C(CCC4CCNCC[C@@]43C)C1CC(O)C2. The van der Waals surface area contributed by atoms with E-state index in [0.29, 0.717) is 10.8 Å². The Hall–Kier alpha value is -0.0800. The van der Waals surface area contributed by atoms with E-state index >= 15 is 0 Å². The molecule has 120 valence electrons. The molecule has 1 aliphatic heterocycles. The first-order valence-electron chi connectivity index (χ1n) is 9.42. The standard InChI is InChI=1S/C19H33NO/c1-18-7-5-16-15(17(18)11-14(21)12-18)4-3-13-6-9-20-10-8-19(13,16)2/h13-17,20-21H,3-12H2,1-2H3/t13?,14?,15?,16-,17?,18?,19-/m0/s1. The van der Waals surface area contributed by atoms with Gasteiger partial charge < -0.3 is 10.4 Å². The predicted molar refractivity (Wildman–Crippen MR) is 86.0 cm³/mol. The van der Waals surface area contributed by atoms with Gasteiger partial charge >= 0.3 is 0 Å². The molecule has 0 aromatic carbocycles. The number of nitrogens with one attached hydrogen (secondary N) is 1. The molecule has 5 unspecified atom stereocenters. The maximum absolute atomic E-state index is 10.2. The van der Waals surface area contributed by atoms with Gasteiger partial charge in [-0.1, -0.05) is 13.8 Å². The van der Waals surface area contributed by atoms with E-state index in [4.69, 9.17) is 0 Å². The molecular formula is C19H33NO. The van der Waals surface area contributed by atoms with Crippen molar-refractivity contribution in [2.75, 3.05) is 13.1 Å². The normalized spacial score (nSPS) is 57.0. The lowest BCUT2D eigenvalue weighted by Gasteiger charge is -2.58. The fourth-order valence-corrected chi connectivity index (χ4v) is 7.18. The minimum Gasteiger partial charge on any atom is -0.393 e. The number of hydrogen-bond donors (Lipinski definition) is 2. The number of hydrogen-bond acceptors (Lipinski definition) is 2. The molecule has 7 atom stereocenters. The molecule has 0 aromatic heterocycles. The largest absolute Gasteiger partial charge is 0.393 e. The lowest BCUT2D eigenvalue weighted by Crippen LogP contribution is -2.50. The number of aliphatic hydroxyl groups is 1. The van der Waals surface area contributed by atoms with Gasteiger partial charge in [0.25, 0.3) is 0 Å². The van der Waals surface area contributed by atoms with Crippen LogP contribution in [-0.2, 0) is 0 Å². The van der Waals surface area contributed by atoms with E-state index in [9.17, 15) is 5.11 Å². The third-order valence-corrected chi connectivity index (χ3v) is 8.32. The van der Waals surface area contributed by atoms with Crippen molar-refractivity contribution in [1.82, 2.24) is 5.32 Å². The van der Waals surface area contributed by atoms with Crippen LogP contribution in [0.4, 0.5) is 0 Å². The lowest BCUT2D eigenvalue weighted by atomic mass is 9.47. The molecule has 0 amide bonds. The molecule has 4 rings (SSSR count). The molecule has 3 saturated carbocycles. The van der Waals surface area contributed by atoms with Crippen molar-refractivity contribution in [3.8, 4) is 0 Å². The summed E-state index contributed by atoms with van der Waals surface area (Å²) in [5, 5.41) is 13.9. The zero-order chi connectivity index (χ0) is 14.7. The highest BCUT2D eigenvalue weighted by molar-refractivity contribution is 5.07. The Kier molecular flexibility index (Phi) is 3.43. The van der Waals surface area contributed by atoms with Crippen molar-refractivity contribution in [2.24, 2.45) is 34.5 Å². The van der Waals surface area contributed by atoms with Gasteiger partial charge in [0, 0.05) is 0 Å². The predicted octanol–water partition coefficient (Wildman–Crippen LogP) is 3.59. The third-order valence-electron chi connectivity index (χ3n) is 8.32. The Bertz CT molecular complexity index is 410. The van der Waals surface area contributed by atoms with E-state index in [1.807, 2.05) is 0 Å². The van der Waals surface area contributed by atoms with Crippen LogP contribution < -0.4 is 5.32 Å². The minimum atomic E-state index is -0.0138. The molecule has 2 heteroatoms. The van der Waals surface area contributed by atoms with Gasteiger partial charge in [-0.3, -0.25) is 0 Å². The molecule has 0 bridgehead atoms. The molecule has 21 heavy (non-hydrogen) atoms. The molecule has 4 aliphatic rings. The summed E-state index contributed by atoms with van der Waals surface area (Å²) in [6, 6.07) is 0. The summed E-state index contributed by atoms with van der Waals surface area (Å²) in [6.07, 6.45) is 10.6. The Labute approximate surface area is 130 Å². The molecule has 0 radical (unpaired) electrons. The Morgan fingerprint density at radius 3 is 2.67 bits per heavy atom. The summed E-state index contributed by atoms with van der Waals surface area (Å²) in [4.78, 5) is 0. The van der Waals surface area contributed by atoms with E-state index in [-0.39, 0.29) is 6.10 Å². The van der Waals surface area contributed by atoms with Crippen LogP contribution in [0.15, 0.2) is 0 Å². The van der Waals surface area contributed by atoms with Gasteiger partial charge in [-0.15, -0.1) is 0 Å². The zero-order valence-corrected chi connectivity index (χ0v) is 13.9. The second-order valence-corrected chi connectivity index (χ2v) is 9.23. The van der Waals surface area contributed by atoms with Crippen LogP contribution in [0.3, 0.4) is 0 Å². The molecule has 3 aliphatic carbocycles. The van der Waals surface area contributed by atoms with Gasteiger partial charge in [-0.05, 0) is 99.0 Å². The Morgan fingerprint density at radius 1 is 0.952 bits per heavy atom. The van der Waals surface area contributed by atoms with Crippen molar-refractivity contribution >= 4 is 0 Å². The second kappa shape index (κ2) is 4.96. The van der Waals surface area contributed by atoms with Gasteiger partial charge in [0.05, 0.1) is 6.10 Å². The van der Waals surface area contributed by atoms with Crippen molar-refractivity contribution in [3.05, 3.63) is 0 Å². The summed E-state index contributed by atoms with van der Waals surface area (Å²) in [6.45, 7) is 7.56. The van der Waals surface area contributed by atoms with Gasteiger partial charge in [0.2, 0.25) is 0 Å². The fraction of sp³-hybridized carbons (Fsp3) is 1.00. The highest BCUT2D eigenvalue weighted by Gasteiger charge is 2.58. The highest BCUT2D eigenvalue weighted by atomic mass is 16.3. The topological polar surface area (TPSA) is 32.3 Å². The minimum absolute atomic E-state index is 0.0138. The molecule has 2 nitrogen and oxygen atoms in total. The van der Waals surface area contributed by atoms with Crippen LogP contribution in [0.1, 0.15) is 65.2 Å². The molecule has 4 fully saturated rings. The van der Waals surface area contributed by atoms with E-state index in [1.165, 1.54) is 51.6 Å². The Balaban J connectivity index is 1.63. The van der Waals surface area contributed by atoms with Crippen LogP contribution in [0.25, 0.3) is 0 Å². The zero-order valence-electron chi connectivity index (χ0n) is 13.9. The first-order chi connectivity index (χ1) is 10.0. The Morgan fingerprint density at radius 2 is 1.81 bits per heavy atom. The van der Waals surface area contributed by atoms with Crippen LogP contribution in [0, 0.1) is 34.5 Å². The first kappa shape index (κ1) is 14.5. The average molecular weight is 291 g/mol. The van der Waals surface area contributed by atoms with Crippen molar-refractivity contribution < 1.29 is 5.11 Å². The quantitative estimate of drug-likeness (QED) is 0.715. The molecule has 2 N–H and O–H groups in total. The number of rotatable bonds is 0. The maximum Gasteiger partial charge on any atom is 0.0548 e. The number of aliphatic hydroxyl groups excluding tert-OH is 1. The fourth-order valence-electron chi connectivity index (χ4n) is 7.18. The van der Waals surface area contributed by atoms with Crippen molar-refractivity contribution in [2.45, 2.75) is 71.3 Å². The third kappa shape index (κ3) is 2.12. The van der Waals surface area contributed by atoms with Gasteiger partial charge in [-0.25, -0.2) is 0 Å². The van der Waals surface area contributed by atoms with Crippen LogP contribution in [0.2, 0.25) is 0 Å². The molecule has 1 heterocycles. The number of fused-ring (bicyclic) bond motifs is 5. The van der Waals surface area contributed by atoms with E-state index < -0.39 is 0 Å². The van der Waals surface area contributed by atoms with E-state index in [2.05, 4.69) is 19.2 Å². The van der Waals surface area contributed by atoms with Crippen LogP contribution in [0.5, 0.6) is 0 Å². The molecule has 1 saturated heterocycles. The molecule has 0 spiro atoms. The maximum atomic E-state index is 10.2. The lowest BCUT2D eigenvalue weighted by molar-refractivity contribution is -0.0877. The average Bonchev–Trinajstić information content (AvgIpc) is 2.62. The molecular weight excluding hydrogens is 258 g/mol. The smallest absolute Gasteiger partial charge is 0.0548 e. The van der Waals surface area contributed by atoms with Crippen molar-refractivity contribution in [1.29, 1.82) is 0 Å². The van der Waals surface area contributed by atoms with Crippen LogP contribution >= 0.6 is 0 Å². The highest BCUT2D eigenvalue weighted by Crippen LogP contribution is 2.65. The van der Waals surface area contributed by atoms with Crippen molar-refractivity contribution in [3.63, 3.8) is 0 Å². The summed E-state index contributed by atoms with van der Waals surface area (Å²) in [5.74, 6) is 3.59. The second-order valence-electron chi connectivity index (χ2n) is 9.23. The summed E-state index contributed by atoms with van der Waals surface area (Å²) in [5.41, 5.74) is 1.02. The van der Waals surface area contributed by atoms with Crippen LogP contribution in [-0.4, -0.2) is 24.3 Å². The summed E-state index contributed by atoms with van der Waals surface area (Å²) >= 11 is 0. The van der Waals surface area contributed by atoms with E-state index in [1.54, 1.807) is 0 Å². The van der Waals surface area contributed by atoms with Gasteiger partial charge in [-0.2, -0.15) is 0 Å². The van der Waals surface area contributed by atoms with E-state index in [0.717, 1.165) is 36.5 Å². The first-order valence-corrected chi connectivity index (χ1v) is 9.42. The molecule has 0 aromatic rings. The van der Waals surface area contributed by atoms with Gasteiger partial charge in [0.1, 0.15) is 0 Å². The monoisotopic (exact) mass is 291 g/mol. The summed E-state index contributed by atoms with van der Waals surface area (Å²) in [7, 11) is 0. The summed E-state index contributed by atoms with van der Waals surface area (Å²) < 4.78 is 0.